The lowest BCUT2D eigenvalue weighted by atomic mass is 9.43. The van der Waals surface area contributed by atoms with E-state index in [0.717, 1.165) is 50.3 Å². The number of piperidine rings is 2. The summed E-state index contributed by atoms with van der Waals surface area (Å²) >= 11 is 0. The molecule has 5 unspecified atom stereocenters. The summed E-state index contributed by atoms with van der Waals surface area (Å²) in [5.41, 5.74) is 2.90. The fraction of sp³-hybridized carbons (Fsp3) is 0.771. The van der Waals surface area contributed by atoms with Crippen molar-refractivity contribution in [1.29, 1.82) is 0 Å². The van der Waals surface area contributed by atoms with Crippen molar-refractivity contribution in [3.63, 3.8) is 0 Å². The average Bonchev–Trinajstić information content (AvgIpc) is 3.66. The third kappa shape index (κ3) is 3.80. The van der Waals surface area contributed by atoms with Crippen molar-refractivity contribution in [3.05, 3.63) is 29.3 Å². The van der Waals surface area contributed by atoms with Gasteiger partial charge >= 0.3 is 6.09 Å². The minimum Gasteiger partial charge on any atom is -0.497 e. The van der Waals surface area contributed by atoms with Crippen LogP contribution in [0.25, 0.3) is 0 Å². The van der Waals surface area contributed by atoms with E-state index in [1.54, 1.807) is 17.6 Å². The lowest BCUT2D eigenvalue weighted by molar-refractivity contribution is -0.146. The third-order valence-corrected chi connectivity index (χ3v) is 12.7. The lowest BCUT2D eigenvalue weighted by Gasteiger charge is -2.66. The number of amides is 2. The number of ether oxygens (including phenoxy) is 2. The molecule has 1 aromatic carbocycles. The number of rotatable bonds is 4. The molecule has 0 radical (unpaired) electrons. The van der Waals surface area contributed by atoms with E-state index in [2.05, 4.69) is 28.0 Å². The maximum atomic E-state index is 14.5. The van der Waals surface area contributed by atoms with Crippen molar-refractivity contribution in [2.45, 2.75) is 114 Å². The maximum Gasteiger partial charge on any atom is 0.410 e. The van der Waals surface area contributed by atoms with Gasteiger partial charge in [0.25, 0.3) is 0 Å². The van der Waals surface area contributed by atoms with Crippen molar-refractivity contribution < 1.29 is 19.1 Å². The Morgan fingerprint density at radius 1 is 1.02 bits per heavy atom. The van der Waals surface area contributed by atoms with Crippen LogP contribution in [0.1, 0.15) is 89.7 Å². The summed E-state index contributed by atoms with van der Waals surface area (Å²) < 4.78 is 11.6. The fourth-order valence-corrected chi connectivity index (χ4v) is 11.2. The van der Waals surface area contributed by atoms with Crippen LogP contribution in [0.5, 0.6) is 5.75 Å². The van der Waals surface area contributed by atoms with Crippen LogP contribution in [0.2, 0.25) is 0 Å². The van der Waals surface area contributed by atoms with Gasteiger partial charge in [-0.2, -0.15) is 0 Å². The Labute approximate surface area is 251 Å². The highest BCUT2D eigenvalue weighted by Crippen LogP contribution is 2.75. The maximum absolute atomic E-state index is 14.5. The predicted molar refractivity (Wildman–Crippen MR) is 160 cm³/mol. The smallest absolute Gasteiger partial charge is 0.410 e. The van der Waals surface area contributed by atoms with Crippen molar-refractivity contribution in [2.75, 3.05) is 33.3 Å². The summed E-state index contributed by atoms with van der Waals surface area (Å²) in [4.78, 5) is 34.7. The van der Waals surface area contributed by atoms with E-state index in [1.807, 2.05) is 20.8 Å². The van der Waals surface area contributed by atoms with Crippen LogP contribution in [-0.2, 0) is 21.4 Å². The van der Waals surface area contributed by atoms with Crippen LogP contribution in [0, 0.1) is 23.2 Å². The Kier molecular flexibility index (Phi) is 6.08. The fourth-order valence-electron chi connectivity index (χ4n) is 11.2. The van der Waals surface area contributed by atoms with Crippen molar-refractivity contribution in [1.82, 2.24) is 14.7 Å². The number of hydrogen-bond acceptors (Lipinski definition) is 5. The van der Waals surface area contributed by atoms with Gasteiger partial charge < -0.3 is 14.4 Å². The zero-order chi connectivity index (χ0) is 29.0. The van der Waals surface area contributed by atoms with Crippen molar-refractivity contribution in [2.24, 2.45) is 23.2 Å². The predicted octanol–water partition coefficient (Wildman–Crippen LogP) is 5.39. The highest BCUT2D eigenvalue weighted by Gasteiger charge is 2.76. The third-order valence-electron chi connectivity index (χ3n) is 12.7. The molecule has 7 atom stereocenters. The second kappa shape index (κ2) is 9.36. The first-order valence-corrected chi connectivity index (χ1v) is 16.9. The second-order valence-electron chi connectivity index (χ2n) is 15.8. The Bertz CT molecular complexity index is 1290. The van der Waals surface area contributed by atoms with Gasteiger partial charge in [-0.25, -0.2) is 4.79 Å². The minimum absolute atomic E-state index is 0.111. The number of hydrogen-bond donors (Lipinski definition) is 0. The van der Waals surface area contributed by atoms with Gasteiger partial charge in [-0.1, -0.05) is 6.07 Å². The topological polar surface area (TPSA) is 62.3 Å². The standard InChI is InChI=1S/C35H49N3O4/c1-33(2,3)42-32(40)37-15-6-5-7-28(37)31(39)38-21-24-19-34-13-12-27(38)30(24)35(34)14-16-36(20-22-8-9-22)29(34)17-23-10-11-25(41-4)18-26(23)35/h10-11,18,22,24,27-30H,5-9,12-17,19-21H2,1-4H3/t24-,27?,28+,29?,30?,34?,35?/m0/s1. The Morgan fingerprint density at radius 2 is 1.86 bits per heavy atom. The highest BCUT2D eigenvalue weighted by atomic mass is 16.6. The molecular formula is C35H49N3O4. The number of likely N-dealkylation sites (tertiary alicyclic amines) is 3. The molecule has 2 amide bonds. The Balaban J connectivity index is 1.15. The minimum atomic E-state index is -0.570. The zero-order valence-corrected chi connectivity index (χ0v) is 26.1. The summed E-state index contributed by atoms with van der Waals surface area (Å²) in [5, 5.41) is 0. The summed E-state index contributed by atoms with van der Waals surface area (Å²) in [6.45, 7) is 9.63. The number of fused-ring (bicyclic) bond motifs is 1. The van der Waals surface area contributed by atoms with Crippen molar-refractivity contribution in [3.8, 4) is 5.75 Å². The zero-order valence-electron chi connectivity index (χ0n) is 26.1. The van der Waals surface area contributed by atoms with Crippen molar-refractivity contribution >= 4 is 12.0 Å². The van der Waals surface area contributed by atoms with Crippen LogP contribution in [0.3, 0.4) is 0 Å². The molecule has 1 aromatic rings. The largest absolute Gasteiger partial charge is 0.497 e. The van der Waals surface area contributed by atoms with E-state index in [-0.39, 0.29) is 23.5 Å². The molecular weight excluding hydrogens is 526 g/mol. The molecule has 3 saturated carbocycles. The molecule has 0 spiro atoms. The molecule has 3 aliphatic heterocycles. The SMILES string of the molecule is COc1ccc2c(c1)C13CCN(CC4CC4)C(C2)C12CCC1C3[C@H](CN1C(=O)[C@H]1CCCCN1C(=O)OC(C)(C)C)C2. The number of methoxy groups -OCH3 is 1. The van der Waals surface area contributed by atoms with Gasteiger partial charge in [-0.15, -0.1) is 0 Å². The van der Waals surface area contributed by atoms with Gasteiger partial charge in [0, 0.05) is 37.1 Å². The molecule has 8 rings (SSSR count). The van der Waals surface area contributed by atoms with Crippen LogP contribution >= 0.6 is 0 Å². The molecule has 4 aliphatic carbocycles. The quantitative estimate of drug-likeness (QED) is 0.482. The molecule has 7 heteroatoms. The van der Waals surface area contributed by atoms with E-state index in [1.165, 1.54) is 50.8 Å². The van der Waals surface area contributed by atoms with Crippen LogP contribution in [0.15, 0.2) is 18.2 Å². The molecule has 228 valence electrons. The number of benzene rings is 1. The van der Waals surface area contributed by atoms with Gasteiger partial charge in [0.15, 0.2) is 0 Å². The van der Waals surface area contributed by atoms with E-state index in [9.17, 15) is 9.59 Å². The number of carbonyl (C=O) groups is 2. The lowest BCUT2D eigenvalue weighted by Crippen LogP contribution is -2.70. The molecule has 42 heavy (non-hydrogen) atoms. The summed E-state index contributed by atoms with van der Waals surface area (Å²) in [6.07, 6.45) is 11.0. The summed E-state index contributed by atoms with van der Waals surface area (Å²) in [5.74, 6) is 3.07. The second-order valence-corrected chi connectivity index (χ2v) is 15.8. The Hall–Kier alpha value is -2.28. The molecule has 3 heterocycles. The first kappa shape index (κ1) is 27.3. The van der Waals surface area contributed by atoms with Crippen LogP contribution < -0.4 is 4.74 Å². The molecule has 0 aromatic heterocycles. The van der Waals surface area contributed by atoms with E-state index >= 15 is 0 Å². The molecule has 0 N–H and O–H groups in total. The number of carbonyl (C=O) groups excluding carboxylic acids is 2. The first-order chi connectivity index (χ1) is 20.1. The van der Waals surface area contributed by atoms with Gasteiger partial charge in [-0.05, 0) is 138 Å². The molecule has 4 bridgehead atoms. The Morgan fingerprint density at radius 3 is 2.62 bits per heavy atom. The monoisotopic (exact) mass is 575 g/mol. The molecule has 3 saturated heterocycles. The van der Waals surface area contributed by atoms with Crippen LogP contribution in [-0.4, -0.2) is 83.7 Å². The molecule has 6 fully saturated rings. The van der Waals surface area contributed by atoms with Gasteiger partial charge in [0.1, 0.15) is 17.4 Å². The van der Waals surface area contributed by atoms with Gasteiger partial charge in [0.2, 0.25) is 5.91 Å². The summed E-state index contributed by atoms with van der Waals surface area (Å²) in [6, 6.07) is 7.38. The van der Waals surface area contributed by atoms with Gasteiger partial charge in [-0.3, -0.25) is 14.6 Å². The van der Waals surface area contributed by atoms with E-state index < -0.39 is 11.6 Å². The van der Waals surface area contributed by atoms with Crippen LogP contribution in [0.4, 0.5) is 4.79 Å². The number of nitrogens with zero attached hydrogens (tertiary/aromatic N) is 3. The highest BCUT2D eigenvalue weighted by molar-refractivity contribution is 5.86. The summed E-state index contributed by atoms with van der Waals surface area (Å²) in [7, 11) is 1.79. The van der Waals surface area contributed by atoms with E-state index in [0.29, 0.717) is 29.8 Å². The average molecular weight is 576 g/mol. The van der Waals surface area contributed by atoms with E-state index in [4.69, 9.17) is 9.47 Å². The molecule has 7 aliphatic rings. The first-order valence-electron chi connectivity index (χ1n) is 16.9. The molecule has 7 nitrogen and oxygen atoms in total. The normalized spacial score (nSPS) is 38.6. The van der Waals surface area contributed by atoms with Gasteiger partial charge in [0.05, 0.1) is 7.11 Å².